The standard InChI is InChI=1S/C34H42N4O4/c1-19(2)23-13-11-14-24(20(3)4)30(23)37-17-18-38(31-25(21(5)6)15-12-16-26(31)22(7)8)32(37)28-27(33(39)41-9)29(36-35-28)34(40)42-10/h11-22H,1-10H3. The summed E-state index contributed by atoms with van der Waals surface area (Å²) < 4.78 is 10.1. The molecular formula is C34H42N4O4. The van der Waals surface area contributed by atoms with Crippen molar-refractivity contribution in [1.82, 2.24) is 0 Å². The van der Waals surface area contributed by atoms with Gasteiger partial charge in [0.1, 0.15) is 11.3 Å². The van der Waals surface area contributed by atoms with Gasteiger partial charge in [0.25, 0.3) is 0 Å². The smallest absolute Gasteiger partial charge is 0.359 e. The molecule has 0 saturated heterocycles. The van der Waals surface area contributed by atoms with Gasteiger partial charge in [-0.1, -0.05) is 91.8 Å². The summed E-state index contributed by atoms with van der Waals surface area (Å²) in [7, 11) is 2.53. The summed E-state index contributed by atoms with van der Waals surface area (Å²) in [5.41, 5.74) is 6.68. The van der Waals surface area contributed by atoms with Gasteiger partial charge < -0.3 is 9.47 Å². The molecule has 2 aromatic rings. The third-order valence-electron chi connectivity index (χ3n) is 7.69. The maximum atomic E-state index is 13.3. The lowest BCUT2D eigenvalue weighted by Gasteiger charge is -2.33. The predicted octanol–water partition coefficient (Wildman–Crippen LogP) is 8.21. The van der Waals surface area contributed by atoms with Crippen molar-refractivity contribution in [3.8, 4) is 0 Å². The molecular weight excluding hydrogens is 528 g/mol. The molecule has 8 heteroatoms. The van der Waals surface area contributed by atoms with Crippen molar-refractivity contribution in [1.29, 1.82) is 0 Å². The highest BCUT2D eigenvalue weighted by Gasteiger charge is 2.40. The summed E-state index contributed by atoms with van der Waals surface area (Å²) in [4.78, 5) is 30.2. The molecule has 0 unspecified atom stereocenters. The van der Waals surface area contributed by atoms with Crippen molar-refractivity contribution in [2.75, 3.05) is 24.0 Å². The first-order valence-electron chi connectivity index (χ1n) is 14.5. The minimum absolute atomic E-state index is 0.0284. The summed E-state index contributed by atoms with van der Waals surface area (Å²) >= 11 is 0. The number of carbonyl (C=O) groups excluding carboxylic acids is 2. The number of nitrogens with zero attached hydrogens (tertiary/aromatic N) is 4. The second-order valence-electron chi connectivity index (χ2n) is 11.8. The Kier molecular flexibility index (Phi) is 9.04. The number of hydrogen-bond donors (Lipinski definition) is 0. The minimum Gasteiger partial charge on any atom is -0.465 e. The van der Waals surface area contributed by atoms with Crippen LogP contribution in [0.4, 0.5) is 11.4 Å². The molecule has 0 atom stereocenters. The molecule has 0 spiro atoms. The molecule has 0 fully saturated rings. The number of ether oxygens (including phenoxy) is 2. The maximum absolute atomic E-state index is 13.3. The van der Waals surface area contributed by atoms with Crippen molar-refractivity contribution in [3.05, 3.63) is 93.8 Å². The Hall–Kier alpha value is -4.20. The van der Waals surface area contributed by atoms with Crippen LogP contribution in [-0.2, 0) is 19.1 Å². The van der Waals surface area contributed by atoms with E-state index in [9.17, 15) is 9.59 Å². The summed E-state index contributed by atoms with van der Waals surface area (Å²) in [5, 5.41) is 8.63. The van der Waals surface area contributed by atoms with Crippen molar-refractivity contribution >= 4 is 23.3 Å². The highest BCUT2D eigenvalue weighted by molar-refractivity contribution is 6.04. The topological polar surface area (TPSA) is 83.8 Å². The van der Waals surface area contributed by atoms with E-state index in [1.165, 1.54) is 14.2 Å². The Labute approximate surface area is 249 Å². The van der Waals surface area contributed by atoms with Crippen molar-refractivity contribution < 1.29 is 19.1 Å². The Balaban J connectivity index is 2.15. The fourth-order valence-electron chi connectivity index (χ4n) is 5.56. The van der Waals surface area contributed by atoms with E-state index in [4.69, 9.17) is 9.47 Å². The first kappa shape index (κ1) is 30.8. The third-order valence-corrected chi connectivity index (χ3v) is 7.69. The van der Waals surface area contributed by atoms with Gasteiger partial charge in [0.2, 0.25) is 0 Å². The fraction of sp³-hybridized carbons (Fsp3) is 0.412. The molecule has 2 aliphatic rings. The van der Waals surface area contributed by atoms with E-state index in [0.29, 0.717) is 5.82 Å². The van der Waals surface area contributed by atoms with Crippen LogP contribution in [0.25, 0.3) is 0 Å². The molecule has 2 heterocycles. The second-order valence-corrected chi connectivity index (χ2v) is 11.8. The summed E-state index contributed by atoms with van der Waals surface area (Å²) in [6.45, 7) is 17.4. The molecule has 0 aliphatic carbocycles. The minimum atomic E-state index is -0.755. The van der Waals surface area contributed by atoms with Gasteiger partial charge in [-0.3, -0.25) is 9.80 Å². The Bertz CT molecular complexity index is 1380. The SMILES string of the molecule is COC(=O)C1=C(C(=O)OC)C(=C2N(c3c(C(C)C)cccc3C(C)C)C=CN2c2c(C(C)C)cccc2C(C)C)N=N1. The number of anilines is 2. The molecule has 0 radical (unpaired) electrons. The van der Waals surface area contributed by atoms with Gasteiger partial charge in [0.05, 0.1) is 25.6 Å². The van der Waals surface area contributed by atoms with Crippen molar-refractivity contribution in [2.24, 2.45) is 10.2 Å². The Morgan fingerprint density at radius 1 is 0.619 bits per heavy atom. The van der Waals surface area contributed by atoms with Crippen LogP contribution in [0.3, 0.4) is 0 Å². The number of benzene rings is 2. The van der Waals surface area contributed by atoms with Gasteiger partial charge in [0, 0.05) is 12.4 Å². The van der Waals surface area contributed by atoms with Crippen LogP contribution in [0.15, 0.2) is 81.8 Å². The zero-order valence-corrected chi connectivity index (χ0v) is 26.4. The van der Waals surface area contributed by atoms with E-state index in [1.54, 1.807) is 0 Å². The van der Waals surface area contributed by atoms with Gasteiger partial charge in [-0.05, 0) is 45.9 Å². The molecule has 0 saturated carbocycles. The average molecular weight is 571 g/mol. The normalized spacial score (nSPS) is 15.0. The third kappa shape index (κ3) is 5.38. The number of methoxy groups -OCH3 is 2. The lowest BCUT2D eigenvalue weighted by Crippen LogP contribution is -2.29. The molecule has 4 rings (SSSR count). The Morgan fingerprint density at radius 2 is 1.00 bits per heavy atom. The molecule has 42 heavy (non-hydrogen) atoms. The van der Waals surface area contributed by atoms with Crippen LogP contribution in [0, 0.1) is 0 Å². The maximum Gasteiger partial charge on any atom is 0.359 e. The summed E-state index contributed by atoms with van der Waals surface area (Å²) in [6, 6.07) is 12.7. The van der Waals surface area contributed by atoms with Gasteiger partial charge in [-0.15, -0.1) is 10.2 Å². The number of hydrogen-bond acceptors (Lipinski definition) is 8. The van der Waals surface area contributed by atoms with Crippen LogP contribution >= 0.6 is 0 Å². The fourth-order valence-corrected chi connectivity index (χ4v) is 5.56. The number of esters is 2. The van der Waals surface area contributed by atoms with Crippen LogP contribution in [-0.4, -0.2) is 26.2 Å². The Morgan fingerprint density at radius 3 is 1.33 bits per heavy atom. The highest BCUT2D eigenvalue weighted by atomic mass is 16.5. The number of rotatable bonds is 8. The molecule has 222 valence electrons. The van der Waals surface area contributed by atoms with Gasteiger partial charge in [0.15, 0.2) is 11.5 Å². The average Bonchev–Trinajstić information content (AvgIpc) is 3.59. The van der Waals surface area contributed by atoms with Gasteiger partial charge in [-0.2, -0.15) is 0 Å². The van der Waals surface area contributed by atoms with Crippen LogP contribution in [0.1, 0.15) is 101 Å². The monoisotopic (exact) mass is 570 g/mol. The lowest BCUT2D eigenvalue weighted by atomic mass is 9.91. The zero-order chi connectivity index (χ0) is 30.9. The van der Waals surface area contributed by atoms with Gasteiger partial charge >= 0.3 is 11.9 Å². The van der Waals surface area contributed by atoms with E-state index >= 15 is 0 Å². The largest absolute Gasteiger partial charge is 0.465 e. The predicted molar refractivity (Wildman–Crippen MR) is 166 cm³/mol. The first-order chi connectivity index (χ1) is 19.9. The zero-order valence-electron chi connectivity index (χ0n) is 26.4. The molecule has 0 bridgehead atoms. The molecule has 0 aromatic heterocycles. The lowest BCUT2D eigenvalue weighted by molar-refractivity contribution is -0.139. The number of azo groups is 1. The van der Waals surface area contributed by atoms with E-state index in [1.807, 2.05) is 12.4 Å². The quantitative estimate of drug-likeness (QED) is 0.297. The van der Waals surface area contributed by atoms with Crippen molar-refractivity contribution in [2.45, 2.75) is 79.1 Å². The highest BCUT2D eigenvalue weighted by Crippen LogP contribution is 2.47. The second kappa shape index (κ2) is 12.3. The van der Waals surface area contributed by atoms with Crippen LogP contribution in [0.2, 0.25) is 0 Å². The summed E-state index contributed by atoms with van der Waals surface area (Å²) in [5.74, 6) is -0.00275. The molecule has 8 nitrogen and oxygen atoms in total. The van der Waals surface area contributed by atoms with Gasteiger partial charge in [-0.25, -0.2) is 9.59 Å². The first-order valence-corrected chi connectivity index (χ1v) is 14.5. The van der Waals surface area contributed by atoms with E-state index in [-0.39, 0.29) is 40.6 Å². The number of carbonyl (C=O) groups is 2. The summed E-state index contributed by atoms with van der Waals surface area (Å²) in [6.07, 6.45) is 4.02. The molecule has 0 amide bonds. The molecule has 2 aliphatic heterocycles. The van der Waals surface area contributed by atoms with E-state index in [2.05, 4.69) is 112 Å². The van der Waals surface area contributed by atoms with E-state index < -0.39 is 11.9 Å². The number of para-hydroxylation sites is 2. The van der Waals surface area contributed by atoms with E-state index in [0.717, 1.165) is 33.6 Å². The van der Waals surface area contributed by atoms with Crippen molar-refractivity contribution in [3.63, 3.8) is 0 Å². The van der Waals surface area contributed by atoms with Crippen LogP contribution < -0.4 is 9.80 Å². The molecule has 0 N–H and O–H groups in total. The molecule has 2 aromatic carbocycles. The van der Waals surface area contributed by atoms with Crippen LogP contribution in [0.5, 0.6) is 0 Å².